The third-order valence-corrected chi connectivity index (χ3v) is 3.44. The number of halogens is 4. The fraction of sp³-hybridized carbons (Fsp3) is 0.300. The van der Waals surface area contributed by atoms with E-state index in [1.807, 2.05) is 0 Å². The van der Waals surface area contributed by atoms with Crippen molar-refractivity contribution in [2.24, 2.45) is 0 Å². The number of hydrogen-bond donors (Lipinski definition) is 1. The number of hydrogen-bond acceptors (Lipinski definition) is 3. The van der Waals surface area contributed by atoms with Gasteiger partial charge in [0.25, 0.3) is 0 Å². The minimum absolute atomic E-state index is 0.0664. The van der Waals surface area contributed by atoms with Gasteiger partial charge in [-0.05, 0) is 34.1 Å². The van der Waals surface area contributed by atoms with Crippen LogP contribution in [-0.2, 0) is 4.74 Å². The molecule has 1 N–H and O–H groups in total. The molecule has 0 unspecified atom stereocenters. The Morgan fingerprint density at radius 1 is 1.44 bits per heavy atom. The first kappa shape index (κ1) is 15.3. The average molecular weight is 345 g/mol. The van der Waals surface area contributed by atoms with E-state index in [1.54, 1.807) is 6.07 Å². The maximum atomic E-state index is 11.7. The molecule has 3 nitrogen and oxygen atoms in total. The highest BCUT2D eigenvalue weighted by Gasteiger charge is 2.28. The molecule has 0 amide bonds. The predicted molar refractivity (Wildman–Crippen MR) is 63.8 cm³/mol. The molecule has 8 heteroatoms. The van der Waals surface area contributed by atoms with Gasteiger partial charge in [0.05, 0.1) is 12.2 Å². The van der Waals surface area contributed by atoms with Crippen molar-refractivity contribution in [1.82, 2.24) is 0 Å². The Bertz CT molecular complexity index is 437. The number of thioether (sulfide) groups is 1. The monoisotopic (exact) mass is 344 g/mol. The molecule has 0 heterocycles. The number of carboxylic acids is 1. The zero-order valence-corrected chi connectivity index (χ0v) is 11.2. The summed E-state index contributed by atoms with van der Waals surface area (Å²) in [5, 5.41) is 8.86. The van der Waals surface area contributed by atoms with Crippen LogP contribution in [0.15, 0.2) is 27.6 Å². The minimum Gasteiger partial charge on any atom is -0.478 e. The Morgan fingerprint density at radius 2 is 2.11 bits per heavy atom. The van der Waals surface area contributed by atoms with Crippen molar-refractivity contribution in [3.05, 3.63) is 28.2 Å². The number of carbonyl (C=O) groups is 1. The molecular weight excluding hydrogens is 337 g/mol. The largest absolute Gasteiger partial charge is 0.522 e. The van der Waals surface area contributed by atoms with Crippen molar-refractivity contribution >= 4 is 33.7 Å². The second-order valence-corrected chi connectivity index (χ2v) is 5.11. The van der Waals surface area contributed by atoms with Gasteiger partial charge in [-0.1, -0.05) is 0 Å². The summed E-state index contributed by atoms with van der Waals surface area (Å²) in [6.07, 6.45) is -4.63. The highest BCUT2D eigenvalue weighted by atomic mass is 79.9. The number of alkyl halides is 3. The lowest BCUT2D eigenvalue weighted by Crippen LogP contribution is -2.15. The van der Waals surface area contributed by atoms with Gasteiger partial charge >= 0.3 is 12.3 Å². The van der Waals surface area contributed by atoms with E-state index < -0.39 is 18.9 Å². The molecule has 0 fully saturated rings. The SMILES string of the molecule is O=C(O)c1cc(SCCOC(F)(F)F)ccc1Br. The number of aromatic carboxylic acids is 1. The lowest BCUT2D eigenvalue weighted by molar-refractivity contribution is -0.322. The van der Waals surface area contributed by atoms with E-state index in [-0.39, 0.29) is 11.3 Å². The third kappa shape index (κ3) is 5.28. The Kier molecular flexibility index (Phi) is 5.48. The molecule has 18 heavy (non-hydrogen) atoms. The second-order valence-electron chi connectivity index (χ2n) is 3.09. The van der Waals surface area contributed by atoms with Crippen LogP contribution >= 0.6 is 27.7 Å². The van der Waals surface area contributed by atoms with E-state index in [0.717, 1.165) is 11.8 Å². The summed E-state index contributed by atoms with van der Waals surface area (Å²) in [6, 6.07) is 4.55. The predicted octanol–water partition coefficient (Wildman–Crippen LogP) is 3.78. The van der Waals surface area contributed by atoms with Crippen molar-refractivity contribution in [2.45, 2.75) is 11.3 Å². The van der Waals surface area contributed by atoms with E-state index >= 15 is 0 Å². The standard InChI is InChI=1S/C10H8BrF3O3S/c11-8-2-1-6(5-7(8)9(15)16)18-4-3-17-10(12,13)14/h1-2,5H,3-4H2,(H,15,16). The number of ether oxygens (including phenoxy) is 1. The molecule has 0 spiro atoms. The summed E-state index contributed by atoms with van der Waals surface area (Å²) in [4.78, 5) is 11.4. The molecule has 100 valence electrons. The van der Waals surface area contributed by atoms with Crippen molar-refractivity contribution in [1.29, 1.82) is 0 Å². The molecule has 0 radical (unpaired) electrons. The topological polar surface area (TPSA) is 46.5 Å². The van der Waals surface area contributed by atoms with Crippen LogP contribution in [-0.4, -0.2) is 29.8 Å². The van der Waals surface area contributed by atoms with Crippen LogP contribution in [0.3, 0.4) is 0 Å². The average Bonchev–Trinajstić information content (AvgIpc) is 2.24. The highest BCUT2D eigenvalue weighted by Crippen LogP contribution is 2.25. The molecular formula is C10H8BrF3O3S. The number of rotatable bonds is 5. The summed E-state index contributed by atoms with van der Waals surface area (Å²) in [5.74, 6) is -1.02. The van der Waals surface area contributed by atoms with Gasteiger partial charge in [0.1, 0.15) is 0 Å². The molecule has 1 rings (SSSR count). The van der Waals surface area contributed by atoms with Crippen molar-refractivity contribution in [3.63, 3.8) is 0 Å². The van der Waals surface area contributed by atoms with Gasteiger partial charge in [-0.3, -0.25) is 4.74 Å². The van der Waals surface area contributed by atoms with E-state index in [0.29, 0.717) is 9.37 Å². The van der Waals surface area contributed by atoms with Crippen molar-refractivity contribution in [3.8, 4) is 0 Å². The Balaban J connectivity index is 2.53. The van der Waals surface area contributed by atoms with Crippen LogP contribution in [0.2, 0.25) is 0 Å². The molecule has 1 aromatic rings. The van der Waals surface area contributed by atoms with Gasteiger partial charge in [0.15, 0.2) is 0 Å². The molecule has 0 bridgehead atoms. The first-order chi connectivity index (χ1) is 8.29. The van der Waals surface area contributed by atoms with Gasteiger partial charge in [-0.25, -0.2) is 4.79 Å². The maximum absolute atomic E-state index is 11.7. The zero-order valence-electron chi connectivity index (χ0n) is 8.83. The van der Waals surface area contributed by atoms with Gasteiger partial charge in [0, 0.05) is 15.1 Å². The van der Waals surface area contributed by atoms with Gasteiger partial charge in [0.2, 0.25) is 0 Å². The molecule has 0 saturated carbocycles. The maximum Gasteiger partial charge on any atom is 0.522 e. The quantitative estimate of drug-likeness (QED) is 0.652. The van der Waals surface area contributed by atoms with Gasteiger partial charge in [-0.2, -0.15) is 0 Å². The molecule has 0 aliphatic rings. The summed E-state index contributed by atoms with van der Waals surface area (Å²) < 4.78 is 39.1. The van der Waals surface area contributed by atoms with Crippen LogP contribution in [0, 0.1) is 0 Å². The fourth-order valence-electron chi connectivity index (χ4n) is 1.07. The molecule has 0 aromatic heterocycles. The lowest BCUT2D eigenvalue weighted by Gasteiger charge is -2.07. The molecule has 0 saturated heterocycles. The molecule has 0 atom stereocenters. The Hall–Kier alpha value is -0.730. The molecule has 0 aliphatic carbocycles. The highest BCUT2D eigenvalue weighted by molar-refractivity contribution is 9.10. The summed E-state index contributed by atoms with van der Waals surface area (Å²) in [7, 11) is 0. The number of benzene rings is 1. The Morgan fingerprint density at radius 3 is 2.67 bits per heavy atom. The van der Waals surface area contributed by atoms with Crippen molar-refractivity contribution in [2.75, 3.05) is 12.4 Å². The van der Waals surface area contributed by atoms with E-state index in [2.05, 4.69) is 20.7 Å². The normalized spacial score (nSPS) is 11.6. The first-order valence-corrected chi connectivity index (χ1v) is 6.44. The summed E-state index contributed by atoms with van der Waals surface area (Å²) >= 11 is 4.17. The molecule has 0 aliphatic heterocycles. The van der Waals surface area contributed by atoms with Gasteiger partial charge in [-0.15, -0.1) is 24.9 Å². The third-order valence-electron chi connectivity index (χ3n) is 1.79. The van der Waals surface area contributed by atoms with Crippen LogP contribution in [0.25, 0.3) is 0 Å². The summed E-state index contributed by atoms with van der Waals surface area (Å²) in [5.41, 5.74) is 0.0664. The molecule has 1 aromatic carbocycles. The first-order valence-electron chi connectivity index (χ1n) is 4.66. The summed E-state index contributed by atoms with van der Waals surface area (Å²) in [6.45, 7) is -0.480. The van der Waals surface area contributed by atoms with Gasteiger partial charge < -0.3 is 5.11 Å². The van der Waals surface area contributed by atoms with Crippen LogP contribution in [0.4, 0.5) is 13.2 Å². The van der Waals surface area contributed by atoms with E-state index in [1.165, 1.54) is 12.1 Å². The fourth-order valence-corrected chi connectivity index (χ4v) is 2.26. The van der Waals surface area contributed by atoms with Crippen LogP contribution < -0.4 is 0 Å². The lowest BCUT2D eigenvalue weighted by atomic mass is 10.2. The Labute approximate surface area is 113 Å². The van der Waals surface area contributed by atoms with Crippen LogP contribution in [0.1, 0.15) is 10.4 Å². The second kappa shape index (κ2) is 6.44. The smallest absolute Gasteiger partial charge is 0.478 e. The van der Waals surface area contributed by atoms with E-state index in [4.69, 9.17) is 5.11 Å². The van der Waals surface area contributed by atoms with E-state index in [9.17, 15) is 18.0 Å². The van der Waals surface area contributed by atoms with Crippen LogP contribution in [0.5, 0.6) is 0 Å². The minimum atomic E-state index is -4.63. The van der Waals surface area contributed by atoms with Crippen molar-refractivity contribution < 1.29 is 27.8 Å². The number of carboxylic acid groups (broad SMARTS) is 1. The zero-order chi connectivity index (χ0) is 13.8.